The summed E-state index contributed by atoms with van der Waals surface area (Å²) in [6.07, 6.45) is -0.0507. The van der Waals surface area contributed by atoms with Gasteiger partial charge in [-0.3, -0.25) is 9.52 Å². The molecule has 210 valence electrons. The molecule has 0 aliphatic carbocycles. The fourth-order valence-corrected chi connectivity index (χ4v) is 5.36. The quantitative estimate of drug-likeness (QED) is 0.416. The van der Waals surface area contributed by atoms with Crippen molar-refractivity contribution in [2.45, 2.75) is 33.6 Å². The Balaban J connectivity index is 1.61. The molecule has 4 rings (SSSR count). The molecular formula is C26H32F2N6O4S. The Labute approximate surface area is 226 Å². The number of carbonyl (C=O) groups is 1. The lowest BCUT2D eigenvalue weighted by Gasteiger charge is -2.33. The van der Waals surface area contributed by atoms with Crippen LogP contribution in [0, 0.1) is 6.92 Å². The van der Waals surface area contributed by atoms with Crippen molar-refractivity contribution in [1.29, 1.82) is 0 Å². The van der Waals surface area contributed by atoms with Gasteiger partial charge in [-0.05, 0) is 51.8 Å². The van der Waals surface area contributed by atoms with Crippen molar-refractivity contribution in [1.82, 2.24) is 9.97 Å². The molecule has 1 aromatic carbocycles. The van der Waals surface area contributed by atoms with Crippen molar-refractivity contribution in [3.8, 4) is 0 Å². The van der Waals surface area contributed by atoms with Crippen LogP contribution in [0.15, 0.2) is 47.1 Å². The molecule has 3 heterocycles. The Bertz CT molecular complexity index is 1420. The number of anilines is 4. The number of allylic oxidation sites excluding steroid dienone is 1. The normalized spacial score (nSPS) is 15.6. The molecule has 0 saturated carbocycles. The van der Waals surface area contributed by atoms with Crippen molar-refractivity contribution >= 4 is 39.1 Å². The number of aromatic nitrogens is 2. The lowest BCUT2D eigenvalue weighted by Crippen LogP contribution is -2.41. The van der Waals surface area contributed by atoms with Crippen LogP contribution in [-0.2, 0) is 10.0 Å². The molecule has 39 heavy (non-hydrogen) atoms. The second-order valence-electron chi connectivity index (χ2n) is 9.84. The third-order valence-corrected chi connectivity index (χ3v) is 7.95. The molecule has 0 unspecified atom stereocenters. The van der Waals surface area contributed by atoms with Gasteiger partial charge in [0.1, 0.15) is 5.82 Å². The maximum absolute atomic E-state index is 13.5. The Morgan fingerprint density at radius 2 is 1.74 bits per heavy atom. The largest absolute Gasteiger partial charge is 0.395 e. The van der Waals surface area contributed by atoms with E-state index in [-0.39, 0.29) is 36.1 Å². The maximum atomic E-state index is 13.5. The molecule has 1 aromatic heterocycles. The van der Waals surface area contributed by atoms with Crippen LogP contribution in [-0.4, -0.2) is 67.9 Å². The van der Waals surface area contributed by atoms with Crippen LogP contribution < -0.4 is 19.8 Å². The van der Waals surface area contributed by atoms with Crippen LogP contribution in [0.3, 0.4) is 0 Å². The second-order valence-corrected chi connectivity index (χ2v) is 11.7. The fraction of sp³-hybridized carbons (Fsp3) is 0.423. The molecule has 0 bridgehead atoms. The van der Waals surface area contributed by atoms with Gasteiger partial charge in [-0.25, -0.2) is 13.4 Å². The zero-order chi connectivity index (χ0) is 28.3. The van der Waals surface area contributed by atoms with Crippen LogP contribution in [0.4, 0.5) is 31.9 Å². The van der Waals surface area contributed by atoms with Crippen LogP contribution in [0.1, 0.15) is 42.7 Å². The number of amides is 1. The summed E-state index contributed by atoms with van der Waals surface area (Å²) >= 11 is 0. The molecule has 2 fully saturated rings. The van der Waals surface area contributed by atoms with Crippen LogP contribution in [0.5, 0.6) is 0 Å². The third-order valence-electron chi connectivity index (χ3n) is 6.69. The van der Waals surface area contributed by atoms with Gasteiger partial charge in [0.05, 0.1) is 29.3 Å². The van der Waals surface area contributed by atoms with E-state index in [1.165, 1.54) is 17.2 Å². The smallest absolute Gasteiger partial charge is 0.273 e. The minimum absolute atomic E-state index is 0.0274. The van der Waals surface area contributed by atoms with Crippen molar-refractivity contribution in [2.75, 3.05) is 58.4 Å². The number of sulfonamides is 1. The predicted octanol–water partition coefficient (Wildman–Crippen LogP) is 3.68. The summed E-state index contributed by atoms with van der Waals surface area (Å²) < 4.78 is 52.5. The number of hydrogen-bond donors (Lipinski definition) is 3. The molecule has 2 saturated heterocycles. The van der Waals surface area contributed by atoms with Crippen molar-refractivity contribution in [2.24, 2.45) is 0 Å². The summed E-state index contributed by atoms with van der Waals surface area (Å²) in [7, 11) is -3.76. The van der Waals surface area contributed by atoms with Gasteiger partial charge >= 0.3 is 0 Å². The number of hydrogen-bond acceptors (Lipinski definition) is 8. The van der Waals surface area contributed by atoms with Gasteiger partial charge in [-0.1, -0.05) is 11.1 Å². The Hall–Kier alpha value is -3.58. The Morgan fingerprint density at radius 1 is 1.05 bits per heavy atom. The number of rotatable bonds is 8. The third kappa shape index (κ3) is 6.90. The van der Waals surface area contributed by atoms with E-state index in [2.05, 4.69) is 33.9 Å². The number of benzene rings is 1. The first kappa shape index (κ1) is 28.4. The molecule has 0 spiro atoms. The minimum atomic E-state index is -3.76. The average molecular weight is 563 g/mol. The topological polar surface area (TPSA) is 128 Å². The van der Waals surface area contributed by atoms with Crippen LogP contribution in [0.2, 0.25) is 0 Å². The number of aliphatic hydroxyl groups is 1. The zero-order valence-electron chi connectivity index (χ0n) is 22.1. The van der Waals surface area contributed by atoms with Gasteiger partial charge in [0, 0.05) is 43.5 Å². The van der Waals surface area contributed by atoms with Gasteiger partial charge in [-0.15, -0.1) is 0 Å². The highest BCUT2D eigenvalue weighted by molar-refractivity contribution is 7.92. The molecule has 2 aromatic rings. The van der Waals surface area contributed by atoms with E-state index in [9.17, 15) is 22.0 Å². The molecule has 10 nitrogen and oxygen atoms in total. The summed E-state index contributed by atoms with van der Waals surface area (Å²) in [6, 6.07) is 6.25. The summed E-state index contributed by atoms with van der Waals surface area (Å²) in [5, 5.41) is 11.8. The summed E-state index contributed by atoms with van der Waals surface area (Å²) in [5.41, 5.74) is 4.39. The van der Waals surface area contributed by atoms with Gasteiger partial charge in [0.2, 0.25) is 16.0 Å². The zero-order valence-corrected chi connectivity index (χ0v) is 22.9. The first-order valence-corrected chi connectivity index (χ1v) is 14.2. The highest BCUT2D eigenvalue weighted by atomic mass is 32.2. The number of halogens is 2. The van der Waals surface area contributed by atoms with E-state index in [4.69, 9.17) is 5.11 Å². The number of aryl methyl sites for hydroxylation is 1. The lowest BCUT2D eigenvalue weighted by molar-refractivity contribution is 0.102. The minimum Gasteiger partial charge on any atom is -0.395 e. The van der Waals surface area contributed by atoms with E-state index in [0.717, 1.165) is 12.8 Å². The SMILES string of the molecule is CC(C)=C1CCN(c2cc(NS(=O)(=O)CCO)ccc2C(=O)Nc2cc(C)nc(N3CC(=C(F)F)C3)n2)CC1. The summed E-state index contributed by atoms with van der Waals surface area (Å²) in [4.78, 5) is 25.8. The molecule has 2 aliphatic rings. The van der Waals surface area contributed by atoms with E-state index in [0.29, 0.717) is 30.0 Å². The number of piperidine rings is 1. The molecule has 0 radical (unpaired) electrons. The molecule has 0 atom stereocenters. The standard InChI is InChI=1S/C26H32F2N6O4S/c1-16(2)18-6-8-33(9-7-18)22-13-20(32-39(37,38)11-10-35)4-5-21(22)25(36)30-23-12-17(3)29-26(31-23)34-14-19(15-34)24(27)28/h4-5,12-13,32,35H,6-11,14-15H2,1-3H3,(H,29,30,31,36). The number of nitrogens with zero attached hydrogens (tertiary/aromatic N) is 4. The average Bonchev–Trinajstić information content (AvgIpc) is 2.82. The summed E-state index contributed by atoms with van der Waals surface area (Å²) in [6.45, 7) is 6.71. The molecular weight excluding hydrogens is 530 g/mol. The Kier molecular flexibility index (Phi) is 8.50. The van der Waals surface area contributed by atoms with E-state index < -0.39 is 34.4 Å². The van der Waals surface area contributed by atoms with Gasteiger partial charge < -0.3 is 20.2 Å². The summed E-state index contributed by atoms with van der Waals surface area (Å²) in [5.74, 6) is -0.426. The van der Waals surface area contributed by atoms with Crippen LogP contribution >= 0.6 is 0 Å². The molecule has 1 amide bonds. The first-order valence-electron chi connectivity index (χ1n) is 12.6. The van der Waals surface area contributed by atoms with Crippen molar-refractivity contribution < 1.29 is 27.1 Å². The number of aliphatic hydroxyl groups excluding tert-OH is 1. The maximum Gasteiger partial charge on any atom is 0.273 e. The van der Waals surface area contributed by atoms with E-state index in [1.807, 2.05) is 4.90 Å². The number of carbonyl (C=O) groups excluding carboxylic acids is 1. The van der Waals surface area contributed by atoms with Crippen LogP contribution in [0.25, 0.3) is 0 Å². The highest BCUT2D eigenvalue weighted by Gasteiger charge is 2.28. The number of nitrogens with one attached hydrogen (secondary N) is 2. The fourth-order valence-electron chi connectivity index (χ4n) is 4.53. The van der Waals surface area contributed by atoms with Crippen molar-refractivity contribution in [3.63, 3.8) is 0 Å². The van der Waals surface area contributed by atoms with Gasteiger partial charge in [-0.2, -0.15) is 13.8 Å². The molecule has 3 N–H and O–H groups in total. The molecule has 2 aliphatic heterocycles. The second kappa shape index (κ2) is 11.7. The van der Waals surface area contributed by atoms with E-state index in [1.54, 1.807) is 30.0 Å². The lowest BCUT2D eigenvalue weighted by atomic mass is 9.98. The van der Waals surface area contributed by atoms with Gasteiger partial charge in [0.15, 0.2) is 0 Å². The highest BCUT2D eigenvalue weighted by Crippen LogP contribution is 2.31. The monoisotopic (exact) mass is 562 g/mol. The van der Waals surface area contributed by atoms with Gasteiger partial charge in [0.25, 0.3) is 12.0 Å². The molecule has 13 heteroatoms. The Morgan fingerprint density at radius 3 is 2.36 bits per heavy atom. The first-order chi connectivity index (χ1) is 18.5. The predicted molar refractivity (Wildman–Crippen MR) is 147 cm³/mol. The van der Waals surface area contributed by atoms with Crippen molar-refractivity contribution in [3.05, 3.63) is 58.3 Å². The van der Waals surface area contributed by atoms with E-state index >= 15 is 0 Å².